The Morgan fingerprint density at radius 3 is 2.07 bits per heavy atom. The highest BCUT2D eigenvalue weighted by Crippen LogP contribution is 1.98. The fourth-order valence-corrected chi connectivity index (χ4v) is 1.16. The van der Waals surface area contributed by atoms with E-state index in [-0.39, 0.29) is 0 Å². The highest BCUT2D eigenvalue weighted by Gasteiger charge is 1.79. The molecule has 0 saturated carbocycles. The predicted molar refractivity (Wildman–Crippen MR) is 62.8 cm³/mol. The molecule has 0 aliphatic heterocycles. The van der Waals surface area contributed by atoms with E-state index in [0.717, 1.165) is 25.7 Å². The fourth-order valence-electron chi connectivity index (χ4n) is 1.16. The molecule has 0 N–H and O–H groups in total. The maximum absolute atomic E-state index is 3.29. The zero-order valence-corrected chi connectivity index (χ0v) is 8.52. The van der Waals surface area contributed by atoms with Crippen molar-refractivity contribution in [1.29, 1.82) is 0 Å². The van der Waals surface area contributed by atoms with Gasteiger partial charge in [0.1, 0.15) is 0 Å². The highest BCUT2D eigenvalue weighted by atomic mass is 13.8. The Bertz CT molecular complexity index is 234. The Balaban J connectivity index is 2.46. The van der Waals surface area contributed by atoms with E-state index < -0.39 is 0 Å². The average molecular weight is 185 g/mol. The molecule has 0 bridgehead atoms. The standard InChI is InChI=1S/C14H17/c1-2-4-6-8-10-12-14-13-11-9-7-5-3-1/h1-8,13H,9-12H2/b3-1-,4-2+,7-5+,8-6+,14-13?. The van der Waals surface area contributed by atoms with Crippen molar-refractivity contribution >= 4 is 0 Å². The van der Waals surface area contributed by atoms with Gasteiger partial charge >= 0.3 is 0 Å². The summed E-state index contributed by atoms with van der Waals surface area (Å²) in [6.07, 6.45) is 26.5. The normalized spacial score (nSPS) is 29.7. The van der Waals surface area contributed by atoms with Gasteiger partial charge in [0.2, 0.25) is 0 Å². The van der Waals surface area contributed by atoms with Crippen molar-refractivity contribution in [3.8, 4) is 0 Å². The molecule has 0 saturated heterocycles. The van der Waals surface area contributed by atoms with E-state index in [1.807, 2.05) is 6.08 Å². The van der Waals surface area contributed by atoms with Gasteiger partial charge in [-0.2, -0.15) is 0 Å². The average Bonchev–Trinajstić information content (AvgIpc) is 2.22. The molecule has 0 heterocycles. The second-order valence-corrected chi connectivity index (χ2v) is 3.15. The van der Waals surface area contributed by atoms with E-state index in [2.05, 4.69) is 54.7 Å². The van der Waals surface area contributed by atoms with Crippen molar-refractivity contribution in [1.82, 2.24) is 0 Å². The van der Waals surface area contributed by atoms with Crippen LogP contribution >= 0.6 is 0 Å². The van der Waals surface area contributed by atoms with Crippen LogP contribution in [0.1, 0.15) is 25.7 Å². The number of rotatable bonds is 0. The molecule has 0 aromatic heterocycles. The van der Waals surface area contributed by atoms with E-state index in [1.165, 1.54) is 0 Å². The summed E-state index contributed by atoms with van der Waals surface area (Å²) in [5.41, 5.74) is 0. The molecule has 0 aromatic carbocycles. The third-order valence-electron chi connectivity index (χ3n) is 1.91. The van der Waals surface area contributed by atoms with Crippen LogP contribution in [0.25, 0.3) is 0 Å². The Morgan fingerprint density at radius 1 is 0.643 bits per heavy atom. The van der Waals surface area contributed by atoms with Crippen LogP contribution < -0.4 is 0 Å². The summed E-state index contributed by atoms with van der Waals surface area (Å²) >= 11 is 0. The van der Waals surface area contributed by atoms with Crippen LogP contribution in [0.2, 0.25) is 0 Å². The summed E-state index contributed by atoms with van der Waals surface area (Å²) < 4.78 is 0. The van der Waals surface area contributed by atoms with Gasteiger partial charge in [-0.1, -0.05) is 54.7 Å². The van der Waals surface area contributed by atoms with Gasteiger partial charge < -0.3 is 0 Å². The Labute approximate surface area is 87.0 Å². The van der Waals surface area contributed by atoms with Gasteiger partial charge in [0, 0.05) is 0 Å². The van der Waals surface area contributed by atoms with Crippen molar-refractivity contribution in [2.45, 2.75) is 25.7 Å². The van der Waals surface area contributed by atoms with Gasteiger partial charge in [-0.05, 0) is 31.8 Å². The van der Waals surface area contributed by atoms with Crippen LogP contribution in [0.15, 0.2) is 54.7 Å². The summed E-state index contributed by atoms with van der Waals surface area (Å²) in [5, 5.41) is 0. The van der Waals surface area contributed by atoms with Crippen LogP contribution in [0.5, 0.6) is 0 Å². The predicted octanol–water partition coefficient (Wildman–Crippen LogP) is 4.14. The second kappa shape index (κ2) is 8.31. The van der Waals surface area contributed by atoms with Crippen LogP contribution in [-0.2, 0) is 0 Å². The second-order valence-electron chi connectivity index (χ2n) is 3.15. The molecular formula is C14H17. The minimum absolute atomic E-state index is 1.03. The summed E-state index contributed by atoms with van der Waals surface area (Å²) in [6.45, 7) is 0. The SMILES string of the molecule is [C]1=C/CC/C=C/C=C\C=C\C=C\CC/1. The smallest absolute Gasteiger partial charge is 0.0245 e. The van der Waals surface area contributed by atoms with Gasteiger partial charge in [-0.3, -0.25) is 0 Å². The number of hydrogen-bond acceptors (Lipinski definition) is 0. The van der Waals surface area contributed by atoms with Gasteiger partial charge in [0.05, 0.1) is 0 Å². The Morgan fingerprint density at radius 2 is 1.29 bits per heavy atom. The van der Waals surface area contributed by atoms with Crippen molar-refractivity contribution < 1.29 is 0 Å². The van der Waals surface area contributed by atoms with Gasteiger partial charge in [-0.15, -0.1) is 0 Å². The molecule has 1 aliphatic carbocycles. The van der Waals surface area contributed by atoms with Gasteiger partial charge in [-0.25, -0.2) is 0 Å². The number of allylic oxidation sites excluding steroid dienone is 10. The lowest BCUT2D eigenvalue weighted by molar-refractivity contribution is 0.984. The van der Waals surface area contributed by atoms with Gasteiger partial charge in [0.25, 0.3) is 0 Å². The maximum atomic E-state index is 3.29. The lowest BCUT2D eigenvalue weighted by Crippen LogP contribution is -1.68. The van der Waals surface area contributed by atoms with Crippen molar-refractivity contribution in [3.63, 3.8) is 0 Å². The van der Waals surface area contributed by atoms with E-state index in [9.17, 15) is 0 Å². The molecule has 14 heavy (non-hydrogen) atoms. The van der Waals surface area contributed by atoms with E-state index >= 15 is 0 Å². The molecular weight excluding hydrogens is 168 g/mol. The summed E-state index contributed by atoms with van der Waals surface area (Å²) in [6, 6.07) is 0. The molecule has 0 fully saturated rings. The number of hydrogen-bond donors (Lipinski definition) is 0. The van der Waals surface area contributed by atoms with Crippen LogP contribution in [0.4, 0.5) is 0 Å². The molecule has 0 unspecified atom stereocenters. The maximum Gasteiger partial charge on any atom is -0.0245 e. The van der Waals surface area contributed by atoms with E-state index in [0.29, 0.717) is 0 Å². The van der Waals surface area contributed by atoms with Crippen molar-refractivity contribution in [2.75, 3.05) is 0 Å². The molecule has 0 nitrogen and oxygen atoms in total. The molecule has 0 amide bonds. The third kappa shape index (κ3) is 6.24. The lowest BCUT2D eigenvalue weighted by Gasteiger charge is -1.87. The zero-order chi connectivity index (χ0) is 9.90. The van der Waals surface area contributed by atoms with Crippen molar-refractivity contribution in [3.05, 3.63) is 60.8 Å². The van der Waals surface area contributed by atoms with Crippen LogP contribution in [-0.4, -0.2) is 0 Å². The Hall–Kier alpha value is -1.30. The molecule has 73 valence electrons. The largest absolute Gasteiger partial charge is 0.0842 e. The first kappa shape index (κ1) is 10.8. The fraction of sp³-hybridized carbons (Fsp3) is 0.286. The molecule has 0 heteroatoms. The topological polar surface area (TPSA) is 0 Å². The lowest BCUT2D eigenvalue weighted by atomic mass is 10.2. The molecule has 0 spiro atoms. The Kier molecular flexibility index (Phi) is 6.39. The van der Waals surface area contributed by atoms with Crippen LogP contribution in [0.3, 0.4) is 0 Å². The summed E-state index contributed by atoms with van der Waals surface area (Å²) in [4.78, 5) is 0. The highest BCUT2D eigenvalue weighted by molar-refractivity contribution is 5.15. The summed E-state index contributed by atoms with van der Waals surface area (Å²) in [5.74, 6) is 0. The summed E-state index contributed by atoms with van der Waals surface area (Å²) in [7, 11) is 0. The van der Waals surface area contributed by atoms with Crippen LogP contribution in [0, 0.1) is 6.08 Å². The molecule has 1 rings (SSSR count). The van der Waals surface area contributed by atoms with Gasteiger partial charge in [0.15, 0.2) is 0 Å². The molecule has 0 aromatic rings. The molecule has 1 radical (unpaired) electrons. The zero-order valence-electron chi connectivity index (χ0n) is 8.52. The first-order chi connectivity index (χ1) is 7.00. The quantitative estimate of drug-likeness (QED) is 0.532. The monoisotopic (exact) mass is 185 g/mol. The third-order valence-corrected chi connectivity index (χ3v) is 1.91. The first-order valence-electron chi connectivity index (χ1n) is 5.20. The van der Waals surface area contributed by atoms with Crippen molar-refractivity contribution in [2.24, 2.45) is 0 Å². The van der Waals surface area contributed by atoms with E-state index in [1.54, 1.807) is 0 Å². The van der Waals surface area contributed by atoms with E-state index in [4.69, 9.17) is 0 Å². The molecule has 1 aliphatic rings. The minimum Gasteiger partial charge on any atom is -0.0842 e. The minimum atomic E-state index is 1.03. The first-order valence-corrected chi connectivity index (χ1v) is 5.20. The molecule has 0 atom stereocenters.